The zero-order valence-electron chi connectivity index (χ0n) is 10.4. The Bertz CT molecular complexity index is 528. The molecule has 1 saturated carbocycles. The standard InChI is InChI=1S/C14H18N2O/c1-3-14-16-12-8-11(6-7-13(12)17-14)15-9(2)10-4-5-10/h6-10,15H,3-5H2,1-2H3. The van der Waals surface area contributed by atoms with E-state index >= 15 is 0 Å². The molecule has 90 valence electrons. The van der Waals surface area contributed by atoms with Crippen LogP contribution >= 0.6 is 0 Å². The molecule has 3 rings (SSSR count). The van der Waals surface area contributed by atoms with Gasteiger partial charge in [0.2, 0.25) is 0 Å². The molecule has 1 unspecified atom stereocenters. The summed E-state index contributed by atoms with van der Waals surface area (Å²) in [4.78, 5) is 4.45. The van der Waals surface area contributed by atoms with E-state index in [1.165, 1.54) is 12.8 Å². The minimum absolute atomic E-state index is 0.560. The van der Waals surface area contributed by atoms with E-state index in [1.807, 2.05) is 6.07 Å². The zero-order chi connectivity index (χ0) is 11.8. The van der Waals surface area contributed by atoms with Crippen molar-refractivity contribution in [2.45, 2.75) is 39.2 Å². The first-order valence-electron chi connectivity index (χ1n) is 6.42. The molecule has 1 fully saturated rings. The molecular formula is C14H18N2O. The summed E-state index contributed by atoms with van der Waals surface area (Å²) in [7, 11) is 0. The van der Waals surface area contributed by atoms with E-state index in [4.69, 9.17) is 4.42 Å². The maximum atomic E-state index is 5.60. The van der Waals surface area contributed by atoms with Crippen molar-refractivity contribution in [3.8, 4) is 0 Å². The maximum absolute atomic E-state index is 5.60. The second-order valence-electron chi connectivity index (χ2n) is 4.91. The third-order valence-electron chi connectivity index (χ3n) is 3.46. The van der Waals surface area contributed by atoms with Crippen LogP contribution in [0.2, 0.25) is 0 Å². The van der Waals surface area contributed by atoms with E-state index in [0.29, 0.717) is 6.04 Å². The van der Waals surface area contributed by atoms with E-state index in [0.717, 1.165) is 35.0 Å². The lowest BCUT2D eigenvalue weighted by Gasteiger charge is -2.13. The van der Waals surface area contributed by atoms with Gasteiger partial charge in [-0.2, -0.15) is 0 Å². The van der Waals surface area contributed by atoms with Crippen molar-refractivity contribution in [2.75, 3.05) is 5.32 Å². The summed E-state index contributed by atoms with van der Waals surface area (Å²) in [5.41, 5.74) is 2.98. The van der Waals surface area contributed by atoms with Gasteiger partial charge >= 0.3 is 0 Å². The third-order valence-corrected chi connectivity index (χ3v) is 3.46. The lowest BCUT2D eigenvalue weighted by atomic mass is 10.2. The van der Waals surface area contributed by atoms with E-state index < -0.39 is 0 Å². The van der Waals surface area contributed by atoms with Crippen molar-refractivity contribution in [1.29, 1.82) is 0 Å². The molecule has 2 aromatic rings. The van der Waals surface area contributed by atoms with Gasteiger partial charge in [0.05, 0.1) is 0 Å². The number of fused-ring (bicyclic) bond motifs is 1. The predicted molar refractivity (Wildman–Crippen MR) is 69.2 cm³/mol. The van der Waals surface area contributed by atoms with Crippen molar-refractivity contribution in [2.24, 2.45) is 5.92 Å². The van der Waals surface area contributed by atoms with Gasteiger partial charge in [-0.05, 0) is 43.9 Å². The molecule has 0 spiro atoms. The molecule has 1 atom stereocenters. The van der Waals surface area contributed by atoms with Crippen LogP contribution in [0.3, 0.4) is 0 Å². The van der Waals surface area contributed by atoms with Crippen LogP contribution in [0.15, 0.2) is 22.6 Å². The molecule has 1 aromatic heterocycles. The molecule has 1 heterocycles. The van der Waals surface area contributed by atoms with Crippen LogP contribution in [0.1, 0.15) is 32.6 Å². The highest BCUT2D eigenvalue weighted by molar-refractivity contribution is 5.77. The summed E-state index contributed by atoms with van der Waals surface area (Å²) in [5.74, 6) is 1.67. The number of oxazole rings is 1. The average Bonchev–Trinajstić information content (AvgIpc) is 3.09. The topological polar surface area (TPSA) is 38.1 Å². The fraction of sp³-hybridized carbons (Fsp3) is 0.500. The summed E-state index contributed by atoms with van der Waals surface area (Å²) in [6.07, 6.45) is 3.57. The van der Waals surface area contributed by atoms with Crippen LogP contribution < -0.4 is 5.32 Å². The summed E-state index contributed by atoms with van der Waals surface area (Å²) in [5, 5.41) is 3.54. The minimum Gasteiger partial charge on any atom is -0.441 e. The van der Waals surface area contributed by atoms with Gasteiger partial charge in [-0.15, -0.1) is 0 Å². The molecule has 1 aliphatic carbocycles. The molecule has 17 heavy (non-hydrogen) atoms. The quantitative estimate of drug-likeness (QED) is 0.872. The maximum Gasteiger partial charge on any atom is 0.195 e. The van der Waals surface area contributed by atoms with E-state index in [-0.39, 0.29) is 0 Å². The van der Waals surface area contributed by atoms with Crippen LogP contribution in [0, 0.1) is 5.92 Å². The van der Waals surface area contributed by atoms with E-state index in [1.54, 1.807) is 0 Å². The Morgan fingerprint density at radius 3 is 3.00 bits per heavy atom. The van der Waals surface area contributed by atoms with Crippen molar-refractivity contribution >= 4 is 16.8 Å². The number of benzene rings is 1. The van der Waals surface area contributed by atoms with Crippen LogP contribution in [-0.2, 0) is 6.42 Å². The fourth-order valence-corrected chi connectivity index (χ4v) is 2.19. The van der Waals surface area contributed by atoms with Crippen molar-refractivity contribution in [3.63, 3.8) is 0 Å². The molecule has 0 amide bonds. The largest absolute Gasteiger partial charge is 0.441 e. The predicted octanol–water partition coefficient (Wildman–Crippen LogP) is 3.60. The van der Waals surface area contributed by atoms with Crippen LogP contribution in [0.25, 0.3) is 11.1 Å². The highest BCUT2D eigenvalue weighted by atomic mass is 16.3. The van der Waals surface area contributed by atoms with E-state index in [2.05, 4.69) is 36.3 Å². The Morgan fingerprint density at radius 2 is 2.29 bits per heavy atom. The molecule has 1 aromatic carbocycles. The first-order valence-corrected chi connectivity index (χ1v) is 6.42. The van der Waals surface area contributed by atoms with Gasteiger partial charge in [0, 0.05) is 18.2 Å². The lowest BCUT2D eigenvalue weighted by Crippen LogP contribution is -2.16. The normalized spacial score (nSPS) is 17.3. The molecule has 0 saturated heterocycles. The Balaban J connectivity index is 1.84. The molecular weight excluding hydrogens is 212 g/mol. The van der Waals surface area contributed by atoms with Gasteiger partial charge in [-0.1, -0.05) is 6.92 Å². The highest BCUT2D eigenvalue weighted by Gasteiger charge is 2.27. The number of nitrogens with zero attached hydrogens (tertiary/aromatic N) is 1. The van der Waals surface area contributed by atoms with Gasteiger partial charge in [0.1, 0.15) is 5.52 Å². The van der Waals surface area contributed by atoms with Gasteiger partial charge in [-0.3, -0.25) is 0 Å². The molecule has 0 radical (unpaired) electrons. The first kappa shape index (κ1) is 10.6. The van der Waals surface area contributed by atoms with Crippen LogP contribution in [0.4, 0.5) is 5.69 Å². The smallest absolute Gasteiger partial charge is 0.195 e. The molecule has 3 heteroatoms. The van der Waals surface area contributed by atoms with Crippen molar-refractivity contribution in [1.82, 2.24) is 4.98 Å². The van der Waals surface area contributed by atoms with Gasteiger partial charge in [0.25, 0.3) is 0 Å². The van der Waals surface area contributed by atoms with Crippen molar-refractivity contribution in [3.05, 3.63) is 24.1 Å². The number of rotatable bonds is 4. The second-order valence-corrected chi connectivity index (χ2v) is 4.91. The van der Waals surface area contributed by atoms with Crippen LogP contribution in [-0.4, -0.2) is 11.0 Å². The van der Waals surface area contributed by atoms with Gasteiger partial charge in [-0.25, -0.2) is 4.98 Å². The first-order chi connectivity index (χ1) is 8.26. The Labute approximate surface area is 101 Å². The Hall–Kier alpha value is -1.51. The lowest BCUT2D eigenvalue weighted by molar-refractivity contribution is 0.538. The third kappa shape index (κ3) is 2.14. The summed E-state index contributed by atoms with van der Waals surface area (Å²) < 4.78 is 5.60. The number of hydrogen-bond acceptors (Lipinski definition) is 3. The molecule has 1 aliphatic rings. The highest BCUT2D eigenvalue weighted by Crippen LogP contribution is 2.34. The Morgan fingerprint density at radius 1 is 1.47 bits per heavy atom. The number of anilines is 1. The Kier molecular flexibility index (Phi) is 2.54. The summed E-state index contributed by atoms with van der Waals surface area (Å²) in [6.45, 7) is 4.31. The second kappa shape index (κ2) is 4.06. The van der Waals surface area contributed by atoms with Gasteiger partial charge < -0.3 is 9.73 Å². The average molecular weight is 230 g/mol. The number of hydrogen-bond donors (Lipinski definition) is 1. The number of aromatic nitrogens is 1. The summed E-state index contributed by atoms with van der Waals surface area (Å²) >= 11 is 0. The zero-order valence-corrected chi connectivity index (χ0v) is 10.4. The number of aryl methyl sites for hydroxylation is 1. The minimum atomic E-state index is 0.560. The van der Waals surface area contributed by atoms with E-state index in [9.17, 15) is 0 Å². The fourth-order valence-electron chi connectivity index (χ4n) is 2.19. The summed E-state index contributed by atoms with van der Waals surface area (Å²) in [6, 6.07) is 6.72. The molecule has 3 nitrogen and oxygen atoms in total. The SMILES string of the molecule is CCc1nc2cc(NC(C)C3CC3)ccc2o1. The molecule has 0 aliphatic heterocycles. The molecule has 0 bridgehead atoms. The number of nitrogens with one attached hydrogen (secondary N) is 1. The van der Waals surface area contributed by atoms with Crippen molar-refractivity contribution < 1.29 is 4.42 Å². The monoisotopic (exact) mass is 230 g/mol. The van der Waals surface area contributed by atoms with Gasteiger partial charge in [0.15, 0.2) is 11.5 Å². The molecule has 1 N–H and O–H groups in total. The van der Waals surface area contributed by atoms with Crippen LogP contribution in [0.5, 0.6) is 0 Å².